The molecule has 0 saturated heterocycles. The van der Waals surface area contributed by atoms with Crippen LogP contribution >= 0.6 is 0 Å². The van der Waals surface area contributed by atoms with E-state index in [2.05, 4.69) is 99.9 Å². The number of unbranched alkanes of at least 4 members (excludes halogenated alkanes) is 39. The topological polar surface area (TPSA) is 24.7 Å². The molecule has 0 aliphatic carbocycles. The third-order valence-corrected chi connectivity index (χ3v) is 14.1. The smallest absolute Gasteiger partial charge is 0.0646 e. The summed E-state index contributed by atoms with van der Waals surface area (Å²) in [6.07, 6.45) is 59.7. The van der Waals surface area contributed by atoms with Crippen molar-refractivity contribution < 1.29 is 16.5 Å². The minimum Gasteiger partial charge on any atom is -0.252 e. The Balaban J connectivity index is 0.0000245. The first kappa shape index (κ1) is 65.4. The van der Waals surface area contributed by atoms with Gasteiger partial charge in [-0.3, -0.25) is 9.98 Å². The fourth-order valence-corrected chi connectivity index (χ4v) is 9.61. The van der Waals surface area contributed by atoms with Gasteiger partial charge in [0.15, 0.2) is 0 Å². The number of hydrogen-bond donors (Lipinski definition) is 0. The summed E-state index contributed by atoms with van der Waals surface area (Å²) in [6.45, 7) is 9.21. The Bertz CT molecular complexity index is 1650. The summed E-state index contributed by atoms with van der Waals surface area (Å²) in [6, 6.07) is 17.3. The monoisotopic (exact) mass is 1000 g/mol. The van der Waals surface area contributed by atoms with Gasteiger partial charge in [-0.2, -0.15) is 0 Å². The molecule has 0 spiro atoms. The average Bonchev–Trinajstić information content (AvgIpc) is 3.36. The molecule has 0 fully saturated rings. The zero-order chi connectivity index (χ0) is 49.2. The van der Waals surface area contributed by atoms with E-state index in [0.717, 1.165) is 72.4 Å². The number of rotatable bonds is 46. The van der Waals surface area contributed by atoms with Crippen LogP contribution in [-0.2, 0) is 16.5 Å². The van der Waals surface area contributed by atoms with Gasteiger partial charge >= 0.3 is 0 Å². The summed E-state index contributed by atoms with van der Waals surface area (Å²) in [4.78, 5) is 10.8. The van der Waals surface area contributed by atoms with E-state index in [1.807, 2.05) is 0 Å². The van der Waals surface area contributed by atoms with Gasteiger partial charge in [0.05, 0.1) is 22.8 Å². The van der Waals surface area contributed by atoms with Gasteiger partial charge in [0.25, 0.3) is 0 Å². The Kier molecular flexibility index (Phi) is 47.9. The Morgan fingerprint density at radius 3 is 0.843 bits per heavy atom. The molecule has 0 saturated carbocycles. The summed E-state index contributed by atoms with van der Waals surface area (Å²) in [5.74, 6) is 14.0. The van der Waals surface area contributed by atoms with Crippen LogP contribution in [0, 0.1) is 23.7 Å². The zero-order valence-corrected chi connectivity index (χ0v) is 47.6. The fourth-order valence-electron chi connectivity index (χ4n) is 9.61. The van der Waals surface area contributed by atoms with Crippen LogP contribution in [0.3, 0.4) is 0 Å². The molecule has 2 aromatic rings. The first-order valence-corrected chi connectivity index (χ1v) is 30.5. The second-order valence-electron chi connectivity index (χ2n) is 20.9. The molecule has 0 N–H and O–H groups in total. The molecule has 2 nitrogen and oxygen atoms in total. The largest absolute Gasteiger partial charge is 0.252 e. The van der Waals surface area contributed by atoms with Gasteiger partial charge < -0.3 is 0 Å². The quantitative estimate of drug-likeness (QED) is 0.0273. The SMILES string of the molecule is CCCCCCCCCCCCCCCCCC#Cc1cccc(N=C(CCCCCC)C(CCCCCCCCC)=Nc2cccc(C#CCCCCCCCCCCCCCCCCC)c2)c1.[Ni]. The Morgan fingerprint density at radius 2 is 0.557 bits per heavy atom. The molecule has 0 unspecified atom stereocenters. The summed E-state index contributed by atoms with van der Waals surface area (Å²) in [7, 11) is 0. The van der Waals surface area contributed by atoms with E-state index in [4.69, 9.17) is 9.98 Å². The van der Waals surface area contributed by atoms with Crippen molar-refractivity contribution in [3.63, 3.8) is 0 Å². The van der Waals surface area contributed by atoms with E-state index in [-0.39, 0.29) is 16.5 Å². The zero-order valence-electron chi connectivity index (χ0n) is 46.6. The van der Waals surface area contributed by atoms with Crippen LogP contribution < -0.4 is 0 Å². The van der Waals surface area contributed by atoms with E-state index < -0.39 is 0 Å². The van der Waals surface area contributed by atoms with Crippen molar-refractivity contribution in [1.82, 2.24) is 0 Å². The van der Waals surface area contributed by atoms with Gasteiger partial charge in [-0.1, -0.05) is 301 Å². The molecule has 2 rings (SSSR count). The number of aliphatic imine (C=N–C) groups is 2. The third kappa shape index (κ3) is 39.9. The molecule has 0 amide bonds. The molecule has 0 radical (unpaired) electrons. The van der Waals surface area contributed by atoms with E-state index in [1.165, 1.54) is 250 Å². The number of benzene rings is 2. The van der Waals surface area contributed by atoms with Gasteiger partial charge in [0.2, 0.25) is 0 Å². The van der Waals surface area contributed by atoms with Crippen LogP contribution in [0.25, 0.3) is 0 Å². The minimum absolute atomic E-state index is 0. The fraction of sp³-hybridized carbons (Fsp3) is 0.731. The average molecular weight is 1000 g/mol. The van der Waals surface area contributed by atoms with Crippen LogP contribution in [0.15, 0.2) is 58.5 Å². The van der Waals surface area contributed by atoms with Crippen molar-refractivity contribution in [3.8, 4) is 23.7 Å². The second-order valence-corrected chi connectivity index (χ2v) is 20.9. The van der Waals surface area contributed by atoms with Gasteiger partial charge in [-0.25, -0.2) is 0 Å². The third-order valence-electron chi connectivity index (χ3n) is 14.1. The molecule has 398 valence electrons. The molecule has 0 aromatic heterocycles. The van der Waals surface area contributed by atoms with Gasteiger partial charge in [-0.15, -0.1) is 0 Å². The first-order valence-electron chi connectivity index (χ1n) is 30.5. The molecule has 2 aromatic carbocycles. The van der Waals surface area contributed by atoms with E-state index >= 15 is 0 Å². The molecule has 0 bridgehead atoms. The maximum atomic E-state index is 5.43. The minimum atomic E-state index is 0. The molecule has 0 heterocycles. The normalized spacial score (nSPS) is 11.5. The predicted octanol–water partition coefficient (Wildman–Crippen LogP) is 22.9. The van der Waals surface area contributed by atoms with E-state index in [1.54, 1.807) is 0 Å². The summed E-state index contributed by atoms with van der Waals surface area (Å²) < 4.78 is 0. The number of nitrogens with zero attached hydrogens (tertiary/aromatic N) is 2. The first-order chi connectivity index (χ1) is 34.2. The standard InChI is InChI=1S/C67H110N2.Ni/c1-5-9-13-17-20-22-24-26-28-30-32-34-36-38-41-43-46-52-62-54-50-56-64(60-62)68-66(58-48-16-12-8-4)67(59-49-45-40-19-15-11-7-3)69-65-57-51-55-63(61-65)53-47-44-42-39-37-35-33-31-29-27-25-23-21-18-14-10-6-2;/h50-51,54-57,60-61H,5-45,48-49,58-59H2,1-4H3;. The van der Waals surface area contributed by atoms with Crippen molar-refractivity contribution in [2.45, 2.75) is 317 Å². The Labute approximate surface area is 446 Å². The van der Waals surface area contributed by atoms with Crippen LogP contribution in [0.2, 0.25) is 0 Å². The van der Waals surface area contributed by atoms with Crippen LogP contribution in [0.1, 0.15) is 328 Å². The van der Waals surface area contributed by atoms with Gasteiger partial charge in [0, 0.05) is 40.5 Å². The maximum Gasteiger partial charge on any atom is 0.0646 e. The van der Waals surface area contributed by atoms with Crippen molar-refractivity contribution >= 4 is 22.8 Å². The van der Waals surface area contributed by atoms with E-state index in [9.17, 15) is 0 Å². The van der Waals surface area contributed by atoms with Crippen LogP contribution in [0.5, 0.6) is 0 Å². The Hall–Kier alpha value is -2.61. The van der Waals surface area contributed by atoms with Crippen LogP contribution in [0.4, 0.5) is 11.4 Å². The predicted molar refractivity (Wildman–Crippen MR) is 311 cm³/mol. The van der Waals surface area contributed by atoms with Crippen molar-refractivity contribution in [2.24, 2.45) is 9.98 Å². The van der Waals surface area contributed by atoms with Crippen molar-refractivity contribution in [1.29, 1.82) is 0 Å². The summed E-state index contributed by atoms with van der Waals surface area (Å²) in [5, 5.41) is 0. The van der Waals surface area contributed by atoms with Gasteiger partial charge in [0.1, 0.15) is 0 Å². The molecular formula is C67H110N2Ni. The Morgan fingerprint density at radius 1 is 0.314 bits per heavy atom. The molecule has 0 atom stereocenters. The van der Waals surface area contributed by atoms with Gasteiger partial charge in [-0.05, 0) is 74.9 Å². The summed E-state index contributed by atoms with van der Waals surface area (Å²) in [5.41, 5.74) is 6.47. The number of hydrogen-bond acceptors (Lipinski definition) is 2. The van der Waals surface area contributed by atoms with Crippen LogP contribution in [-0.4, -0.2) is 11.4 Å². The van der Waals surface area contributed by atoms with Crippen molar-refractivity contribution in [3.05, 3.63) is 59.7 Å². The molecule has 0 aliphatic heterocycles. The summed E-state index contributed by atoms with van der Waals surface area (Å²) >= 11 is 0. The molecular weight excluding hydrogens is 891 g/mol. The molecule has 0 aliphatic rings. The van der Waals surface area contributed by atoms with Crippen molar-refractivity contribution in [2.75, 3.05) is 0 Å². The maximum absolute atomic E-state index is 5.43. The van der Waals surface area contributed by atoms with E-state index in [0.29, 0.717) is 0 Å². The molecule has 3 heteroatoms. The second kappa shape index (κ2) is 51.3. The molecule has 70 heavy (non-hydrogen) atoms.